The molecule has 1 aliphatic heterocycles. The zero-order valence-electron chi connectivity index (χ0n) is 18.0. The largest absolute Gasteiger partial charge is 0.273 e. The number of hydrogen-bond donors (Lipinski definition) is 0. The molecule has 160 valence electrons. The molecule has 6 heteroatoms. The Morgan fingerprint density at radius 2 is 1.90 bits per heavy atom. The van der Waals surface area contributed by atoms with Crippen molar-refractivity contribution in [1.29, 1.82) is 0 Å². The van der Waals surface area contributed by atoms with Gasteiger partial charge in [-0.05, 0) is 75.3 Å². The zero-order chi connectivity index (χ0) is 20.8. The number of thiophene rings is 1. The number of nitrogens with zero attached hydrogens (tertiary/aromatic N) is 1. The number of carbonyl (C=O) groups excluding carboxylic acids is 1. The number of carbonyl (C=O) groups is 1. The zero-order valence-corrected chi connectivity index (χ0v) is 19.7. The molecule has 4 atom stereocenters. The standard InChI is InChI=1S/C23H33NO3S2/c1-15-9-10-19(28-15)22(4,16-7-5-6-8-16)20(25)24-18-13-17-11-12-23(18,21(17,2)3)14-29(24,26)27/h9-10,16-18H,5-8,11-14H2,1-4H3/t17-,18+,22?,23+/m0/s1. The van der Waals surface area contributed by atoms with Crippen molar-refractivity contribution in [2.75, 3.05) is 5.75 Å². The summed E-state index contributed by atoms with van der Waals surface area (Å²) in [7, 11) is -3.59. The van der Waals surface area contributed by atoms with Crippen molar-refractivity contribution in [2.24, 2.45) is 22.7 Å². The van der Waals surface area contributed by atoms with E-state index in [4.69, 9.17) is 0 Å². The fourth-order valence-corrected chi connectivity index (χ4v) is 11.2. The summed E-state index contributed by atoms with van der Waals surface area (Å²) < 4.78 is 28.4. The van der Waals surface area contributed by atoms with Gasteiger partial charge in [0.25, 0.3) is 0 Å². The molecule has 29 heavy (non-hydrogen) atoms. The van der Waals surface area contributed by atoms with Gasteiger partial charge in [-0.25, -0.2) is 12.7 Å². The highest BCUT2D eigenvalue weighted by Gasteiger charge is 2.73. The summed E-state index contributed by atoms with van der Waals surface area (Å²) in [5.41, 5.74) is -1.00. The third kappa shape index (κ3) is 2.42. The SMILES string of the molecule is Cc1ccc(C(C)(C(=O)N2[C@@H]3C[C@@H]4CC[C@]3(CS2(=O)=O)C4(C)C)C2CCCC2)s1. The molecule has 1 unspecified atom stereocenters. The molecule has 1 saturated heterocycles. The van der Waals surface area contributed by atoms with Crippen molar-refractivity contribution < 1.29 is 13.2 Å². The molecule has 4 nitrogen and oxygen atoms in total. The van der Waals surface area contributed by atoms with Gasteiger partial charge in [0.05, 0.1) is 17.2 Å². The van der Waals surface area contributed by atoms with E-state index < -0.39 is 15.4 Å². The quantitative estimate of drug-likeness (QED) is 0.680. The maximum absolute atomic E-state index is 14.3. The third-order valence-corrected chi connectivity index (χ3v) is 12.6. The molecule has 1 spiro atoms. The molecule has 1 amide bonds. The first-order chi connectivity index (χ1) is 13.5. The third-order valence-electron chi connectivity index (χ3n) is 9.48. The first-order valence-corrected chi connectivity index (χ1v) is 13.6. The Labute approximate surface area is 179 Å². The molecule has 0 aromatic carbocycles. The minimum atomic E-state index is -3.59. The maximum atomic E-state index is 14.3. The van der Waals surface area contributed by atoms with E-state index in [-0.39, 0.29) is 34.4 Å². The molecule has 3 saturated carbocycles. The summed E-state index contributed by atoms with van der Waals surface area (Å²) in [6.07, 6.45) is 7.18. The Bertz CT molecular complexity index is 959. The van der Waals surface area contributed by atoms with Gasteiger partial charge in [-0.1, -0.05) is 26.7 Å². The predicted molar refractivity (Wildman–Crippen MR) is 116 cm³/mol. The van der Waals surface area contributed by atoms with Gasteiger partial charge in [0.1, 0.15) is 0 Å². The molecule has 1 aromatic heterocycles. The maximum Gasteiger partial charge on any atom is 0.247 e. The first-order valence-electron chi connectivity index (χ1n) is 11.2. The second-order valence-electron chi connectivity index (χ2n) is 10.8. The topological polar surface area (TPSA) is 54.5 Å². The number of fused-ring (bicyclic) bond motifs is 1. The van der Waals surface area contributed by atoms with Crippen LogP contribution >= 0.6 is 11.3 Å². The van der Waals surface area contributed by atoms with Gasteiger partial charge < -0.3 is 0 Å². The molecule has 0 radical (unpaired) electrons. The Kier molecular flexibility index (Phi) is 4.21. The average molecular weight is 436 g/mol. The van der Waals surface area contributed by atoms with E-state index in [2.05, 4.69) is 32.9 Å². The van der Waals surface area contributed by atoms with Crippen LogP contribution in [0.3, 0.4) is 0 Å². The summed E-state index contributed by atoms with van der Waals surface area (Å²) in [6.45, 7) is 8.59. The highest BCUT2D eigenvalue weighted by Crippen LogP contribution is 2.70. The summed E-state index contributed by atoms with van der Waals surface area (Å²) in [4.78, 5) is 16.5. The highest BCUT2D eigenvalue weighted by molar-refractivity contribution is 7.90. The lowest BCUT2D eigenvalue weighted by Gasteiger charge is -2.40. The van der Waals surface area contributed by atoms with Crippen molar-refractivity contribution in [3.63, 3.8) is 0 Å². The minimum absolute atomic E-state index is 0.0109. The molecule has 5 rings (SSSR count). The molecule has 3 aliphatic carbocycles. The van der Waals surface area contributed by atoms with Crippen LogP contribution in [0.1, 0.15) is 75.5 Å². The van der Waals surface area contributed by atoms with Gasteiger partial charge in [0.2, 0.25) is 15.9 Å². The van der Waals surface area contributed by atoms with Crippen LogP contribution in [0, 0.1) is 29.6 Å². The summed E-state index contributed by atoms with van der Waals surface area (Å²) >= 11 is 1.67. The van der Waals surface area contributed by atoms with Gasteiger partial charge in [-0.2, -0.15) is 0 Å². The molecule has 1 aromatic rings. The number of amides is 1. The lowest BCUT2D eigenvalue weighted by atomic mass is 9.68. The van der Waals surface area contributed by atoms with E-state index in [0.29, 0.717) is 5.92 Å². The van der Waals surface area contributed by atoms with Crippen LogP contribution < -0.4 is 0 Å². The molecular weight excluding hydrogens is 402 g/mol. The highest BCUT2D eigenvalue weighted by atomic mass is 32.2. The van der Waals surface area contributed by atoms with Crippen LogP contribution in [-0.4, -0.2) is 30.4 Å². The van der Waals surface area contributed by atoms with Gasteiger partial charge in [-0.15, -0.1) is 11.3 Å². The number of hydrogen-bond acceptors (Lipinski definition) is 4. The number of rotatable bonds is 3. The summed E-state index contributed by atoms with van der Waals surface area (Å²) in [6, 6.07) is 4.00. The molecule has 4 aliphatic rings. The second kappa shape index (κ2) is 6.09. The lowest BCUT2D eigenvalue weighted by Crippen LogP contribution is -2.53. The number of aryl methyl sites for hydroxylation is 1. The predicted octanol–water partition coefficient (Wildman–Crippen LogP) is 4.87. The summed E-state index contributed by atoms with van der Waals surface area (Å²) in [5.74, 6) is 0.771. The van der Waals surface area contributed by atoms with Crippen LogP contribution in [0.5, 0.6) is 0 Å². The smallest absolute Gasteiger partial charge is 0.247 e. The minimum Gasteiger partial charge on any atom is -0.273 e. The van der Waals surface area contributed by atoms with Gasteiger partial charge in [0.15, 0.2) is 0 Å². The fourth-order valence-electron chi connectivity index (χ4n) is 7.48. The van der Waals surface area contributed by atoms with E-state index in [1.807, 2.05) is 6.92 Å². The van der Waals surface area contributed by atoms with Crippen molar-refractivity contribution >= 4 is 27.3 Å². The van der Waals surface area contributed by atoms with Gasteiger partial charge in [0, 0.05) is 15.2 Å². The Balaban J connectivity index is 1.61. The molecule has 0 N–H and O–H groups in total. The monoisotopic (exact) mass is 435 g/mol. The first kappa shape index (κ1) is 20.0. The molecule has 2 heterocycles. The number of sulfonamides is 1. The normalized spacial score (nSPS) is 37.0. The Hall–Kier alpha value is -0.880. The van der Waals surface area contributed by atoms with Crippen molar-refractivity contribution in [1.82, 2.24) is 4.31 Å². The Morgan fingerprint density at radius 3 is 2.48 bits per heavy atom. The van der Waals surface area contributed by atoms with E-state index >= 15 is 0 Å². The van der Waals surface area contributed by atoms with Crippen molar-refractivity contribution in [2.45, 2.75) is 84.1 Å². The van der Waals surface area contributed by atoms with Gasteiger partial charge in [-0.3, -0.25) is 4.79 Å². The van der Waals surface area contributed by atoms with Crippen molar-refractivity contribution in [3.8, 4) is 0 Å². The lowest BCUT2D eigenvalue weighted by molar-refractivity contribution is -0.136. The van der Waals surface area contributed by atoms with Crippen LogP contribution in [0.15, 0.2) is 12.1 Å². The van der Waals surface area contributed by atoms with E-state index in [1.165, 1.54) is 9.18 Å². The Morgan fingerprint density at radius 1 is 1.21 bits per heavy atom. The molecule has 4 fully saturated rings. The van der Waals surface area contributed by atoms with Gasteiger partial charge >= 0.3 is 0 Å². The average Bonchev–Trinajstić information content (AvgIpc) is 3.42. The summed E-state index contributed by atoms with van der Waals surface area (Å²) in [5, 5.41) is 0. The van der Waals surface area contributed by atoms with Crippen molar-refractivity contribution in [3.05, 3.63) is 21.9 Å². The molecule has 2 bridgehead atoms. The van der Waals surface area contributed by atoms with E-state index in [0.717, 1.165) is 49.8 Å². The second-order valence-corrected chi connectivity index (χ2v) is 13.9. The fraction of sp³-hybridized carbons (Fsp3) is 0.783. The van der Waals surface area contributed by atoms with Crippen LogP contribution in [0.4, 0.5) is 0 Å². The van der Waals surface area contributed by atoms with E-state index in [9.17, 15) is 13.2 Å². The van der Waals surface area contributed by atoms with Crippen LogP contribution in [0.2, 0.25) is 0 Å². The van der Waals surface area contributed by atoms with Crippen LogP contribution in [0.25, 0.3) is 0 Å². The molecular formula is C23H33NO3S2. The van der Waals surface area contributed by atoms with Crippen LogP contribution in [-0.2, 0) is 20.2 Å². The van der Waals surface area contributed by atoms with E-state index in [1.54, 1.807) is 11.3 Å².